The zero-order valence-corrected chi connectivity index (χ0v) is 21.3. The number of hydrogen-bond donors (Lipinski definition) is 1. The quantitative estimate of drug-likeness (QED) is 0.525. The summed E-state index contributed by atoms with van der Waals surface area (Å²) in [6.45, 7) is 3.06. The predicted octanol–water partition coefficient (Wildman–Crippen LogP) is 3.56. The molecule has 0 aliphatic carbocycles. The minimum atomic E-state index is -3.46. The minimum absolute atomic E-state index is 0.0417. The zero-order valence-electron chi connectivity index (χ0n) is 20.5. The Labute approximate surface area is 212 Å². The molecule has 2 fully saturated rings. The van der Waals surface area contributed by atoms with E-state index in [2.05, 4.69) is 10.2 Å². The molecular formula is C27H32N4O4S. The molecule has 1 amide bonds. The number of benzene rings is 2. The third kappa shape index (κ3) is 5.17. The fourth-order valence-electron chi connectivity index (χ4n) is 5.02. The average molecular weight is 509 g/mol. The summed E-state index contributed by atoms with van der Waals surface area (Å²) in [5, 5.41) is 3.86. The third-order valence-corrected chi connectivity index (χ3v) is 8.96. The number of methoxy groups -OCH3 is 1. The van der Waals surface area contributed by atoms with Gasteiger partial charge in [-0.15, -0.1) is 0 Å². The molecule has 0 saturated carbocycles. The van der Waals surface area contributed by atoms with Gasteiger partial charge >= 0.3 is 0 Å². The highest BCUT2D eigenvalue weighted by molar-refractivity contribution is 7.89. The van der Waals surface area contributed by atoms with Crippen molar-refractivity contribution in [2.24, 2.45) is 5.92 Å². The summed E-state index contributed by atoms with van der Waals surface area (Å²) in [6.07, 6.45) is 3.57. The van der Waals surface area contributed by atoms with Crippen molar-refractivity contribution in [3.63, 3.8) is 0 Å². The van der Waals surface area contributed by atoms with Crippen LogP contribution in [-0.4, -0.2) is 56.9 Å². The lowest BCUT2D eigenvalue weighted by molar-refractivity contribution is -0.125. The highest BCUT2D eigenvalue weighted by Gasteiger charge is 2.28. The molecule has 3 aromatic rings. The Balaban J connectivity index is 1.26. The van der Waals surface area contributed by atoms with Crippen molar-refractivity contribution in [3.8, 4) is 5.75 Å². The first-order valence-electron chi connectivity index (χ1n) is 12.5. The number of nitrogens with one attached hydrogen (secondary N) is 1. The maximum absolute atomic E-state index is 12.9. The van der Waals surface area contributed by atoms with Crippen LogP contribution in [0, 0.1) is 5.92 Å². The van der Waals surface area contributed by atoms with E-state index in [4.69, 9.17) is 9.72 Å². The molecule has 1 atom stereocenters. The fourth-order valence-corrected chi connectivity index (χ4v) is 6.58. The van der Waals surface area contributed by atoms with Gasteiger partial charge in [-0.1, -0.05) is 12.1 Å². The Kier molecular flexibility index (Phi) is 7.11. The van der Waals surface area contributed by atoms with Crippen LogP contribution >= 0.6 is 0 Å². The Hall–Kier alpha value is -3.17. The number of anilines is 1. The molecule has 0 bridgehead atoms. The van der Waals surface area contributed by atoms with Crippen LogP contribution in [0.1, 0.15) is 31.2 Å². The monoisotopic (exact) mass is 508 g/mol. The second-order valence-corrected chi connectivity index (χ2v) is 11.4. The molecule has 2 aliphatic rings. The fraction of sp³-hybridized carbons (Fsp3) is 0.407. The summed E-state index contributed by atoms with van der Waals surface area (Å²) in [6, 6.07) is 16.7. The van der Waals surface area contributed by atoms with Crippen LogP contribution in [0.15, 0.2) is 59.5 Å². The van der Waals surface area contributed by atoms with E-state index < -0.39 is 10.0 Å². The van der Waals surface area contributed by atoms with Gasteiger partial charge < -0.3 is 15.0 Å². The third-order valence-electron chi connectivity index (χ3n) is 7.07. The molecule has 9 heteroatoms. The standard InChI is InChI=1S/C27H32N4O4S/c1-35-23-8-4-6-20(16-23)18-28-27(32)22-7-5-13-30(19-22)26-12-9-21-17-24(10-11-25(21)29-26)36(33,34)31-14-2-3-15-31/h4,6,8-12,16-17,22H,2-3,5,7,13-15,18-19H2,1H3,(H,28,32)/t22-/m0/s1. The second kappa shape index (κ2) is 10.4. The maximum atomic E-state index is 12.9. The molecule has 2 saturated heterocycles. The molecule has 2 aliphatic heterocycles. The highest BCUT2D eigenvalue weighted by atomic mass is 32.2. The summed E-state index contributed by atoms with van der Waals surface area (Å²) in [5.74, 6) is 1.51. The number of sulfonamides is 1. The van der Waals surface area contributed by atoms with Crippen LogP contribution in [0.2, 0.25) is 0 Å². The lowest BCUT2D eigenvalue weighted by atomic mass is 9.97. The largest absolute Gasteiger partial charge is 0.497 e. The number of nitrogens with zero attached hydrogens (tertiary/aromatic N) is 3. The SMILES string of the molecule is COc1cccc(CNC(=O)[C@H]2CCCN(c3ccc4cc(S(=O)(=O)N5CCCC5)ccc4n3)C2)c1. The highest BCUT2D eigenvalue weighted by Crippen LogP contribution is 2.27. The number of aromatic nitrogens is 1. The minimum Gasteiger partial charge on any atom is -0.497 e. The van der Waals surface area contributed by atoms with Crippen molar-refractivity contribution < 1.29 is 17.9 Å². The summed E-state index contributed by atoms with van der Waals surface area (Å²) in [4.78, 5) is 20.2. The Morgan fingerprint density at radius 2 is 1.89 bits per heavy atom. The van der Waals surface area contributed by atoms with Crippen LogP contribution in [-0.2, 0) is 21.4 Å². The first kappa shape index (κ1) is 24.5. The van der Waals surface area contributed by atoms with Gasteiger partial charge in [0.15, 0.2) is 0 Å². The van der Waals surface area contributed by atoms with Gasteiger partial charge in [0, 0.05) is 38.1 Å². The Morgan fingerprint density at radius 3 is 2.69 bits per heavy atom. The van der Waals surface area contributed by atoms with Crippen LogP contribution < -0.4 is 15.0 Å². The molecule has 1 N–H and O–H groups in total. The molecule has 1 aromatic heterocycles. The van der Waals surface area contributed by atoms with Crippen LogP contribution in [0.5, 0.6) is 5.75 Å². The van der Waals surface area contributed by atoms with Crippen molar-refractivity contribution in [3.05, 3.63) is 60.2 Å². The molecule has 190 valence electrons. The van der Waals surface area contributed by atoms with Crippen molar-refractivity contribution in [2.75, 3.05) is 38.2 Å². The van der Waals surface area contributed by atoms with E-state index in [1.165, 1.54) is 0 Å². The summed E-state index contributed by atoms with van der Waals surface area (Å²) >= 11 is 0. The van der Waals surface area contributed by atoms with Gasteiger partial charge in [-0.05, 0) is 73.7 Å². The predicted molar refractivity (Wildman–Crippen MR) is 140 cm³/mol. The summed E-state index contributed by atoms with van der Waals surface area (Å²) in [7, 11) is -1.83. The van der Waals surface area contributed by atoms with E-state index >= 15 is 0 Å². The van der Waals surface area contributed by atoms with Crippen LogP contribution in [0.3, 0.4) is 0 Å². The average Bonchev–Trinajstić information content (AvgIpc) is 3.47. The normalized spacial score (nSPS) is 18.9. The second-order valence-electron chi connectivity index (χ2n) is 9.49. The van der Waals surface area contributed by atoms with Gasteiger partial charge in [0.25, 0.3) is 0 Å². The number of ether oxygens (including phenoxy) is 1. The van der Waals surface area contributed by atoms with E-state index in [9.17, 15) is 13.2 Å². The number of hydrogen-bond acceptors (Lipinski definition) is 6. The molecule has 0 unspecified atom stereocenters. The molecule has 3 heterocycles. The number of pyridine rings is 1. The van der Waals surface area contributed by atoms with Gasteiger partial charge in [0.05, 0.1) is 23.4 Å². The van der Waals surface area contributed by atoms with Crippen molar-refractivity contribution in [1.82, 2.24) is 14.6 Å². The summed E-state index contributed by atoms with van der Waals surface area (Å²) in [5.41, 5.74) is 1.75. The lowest BCUT2D eigenvalue weighted by Gasteiger charge is -2.33. The zero-order chi connectivity index (χ0) is 25.1. The van der Waals surface area contributed by atoms with Gasteiger partial charge in [-0.25, -0.2) is 13.4 Å². The van der Waals surface area contributed by atoms with Crippen LogP contribution in [0.4, 0.5) is 5.82 Å². The van der Waals surface area contributed by atoms with E-state index in [-0.39, 0.29) is 11.8 Å². The molecule has 0 radical (unpaired) electrons. The topological polar surface area (TPSA) is 91.8 Å². The van der Waals surface area contributed by atoms with E-state index in [0.717, 1.165) is 60.3 Å². The number of amides is 1. The first-order chi connectivity index (χ1) is 17.4. The van der Waals surface area contributed by atoms with Gasteiger partial charge in [0.2, 0.25) is 15.9 Å². The molecule has 8 nitrogen and oxygen atoms in total. The molecule has 2 aromatic carbocycles. The number of carbonyl (C=O) groups is 1. The van der Waals surface area contributed by atoms with Crippen molar-refractivity contribution >= 4 is 32.7 Å². The van der Waals surface area contributed by atoms with Gasteiger partial charge in [-0.3, -0.25) is 4.79 Å². The van der Waals surface area contributed by atoms with E-state index in [1.54, 1.807) is 29.6 Å². The number of rotatable bonds is 7. The van der Waals surface area contributed by atoms with Gasteiger partial charge in [-0.2, -0.15) is 4.31 Å². The summed E-state index contributed by atoms with van der Waals surface area (Å²) < 4.78 is 32.7. The number of fused-ring (bicyclic) bond motifs is 1. The lowest BCUT2D eigenvalue weighted by Crippen LogP contribution is -2.43. The first-order valence-corrected chi connectivity index (χ1v) is 13.9. The smallest absolute Gasteiger partial charge is 0.243 e. The Morgan fingerprint density at radius 1 is 1.06 bits per heavy atom. The Bertz CT molecular complexity index is 1350. The number of piperidine rings is 1. The van der Waals surface area contributed by atoms with Gasteiger partial charge in [0.1, 0.15) is 11.6 Å². The number of carbonyl (C=O) groups excluding carboxylic acids is 1. The molecule has 5 rings (SSSR count). The molecule has 36 heavy (non-hydrogen) atoms. The van der Waals surface area contributed by atoms with E-state index in [0.29, 0.717) is 31.1 Å². The maximum Gasteiger partial charge on any atom is 0.243 e. The molecular weight excluding hydrogens is 476 g/mol. The van der Waals surface area contributed by atoms with E-state index in [1.807, 2.05) is 36.4 Å². The van der Waals surface area contributed by atoms with Crippen molar-refractivity contribution in [1.29, 1.82) is 0 Å². The van der Waals surface area contributed by atoms with Crippen LogP contribution in [0.25, 0.3) is 10.9 Å². The van der Waals surface area contributed by atoms with Crippen molar-refractivity contribution in [2.45, 2.75) is 37.1 Å². The molecule has 0 spiro atoms.